The van der Waals surface area contributed by atoms with Gasteiger partial charge in [-0.15, -0.1) is 0 Å². The maximum Gasteiger partial charge on any atom is -0.00490 e. The van der Waals surface area contributed by atoms with Crippen LogP contribution in [0.3, 0.4) is 0 Å². The summed E-state index contributed by atoms with van der Waals surface area (Å²) in [5, 5.41) is 3.37. The van der Waals surface area contributed by atoms with Gasteiger partial charge >= 0.3 is 0 Å². The van der Waals surface area contributed by atoms with Gasteiger partial charge in [0.1, 0.15) is 0 Å². The second-order valence-corrected chi connectivity index (χ2v) is 4.21. The van der Waals surface area contributed by atoms with Crippen molar-refractivity contribution in [2.75, 3.05) is 13.1 Å². The highest BCUT2D eigenvalue weighted by Gasteiger charge is 2.08. The molecule has 0 aliphatic carbocycles. The molecule has 2 atom stereocenters. The van der Waals surface area contributed by atoms with Crippen LogP contribution >= 0.6 is 0 Å². The molecule has 0 bridgehead atoms. The van der Waals surface area contributed by atoms with E-state index in [0.717, 1.165) is 18.4 Å². The SMILES string of the molecule is CCNCCCC[C@H](C)C(C)CC. The molecule has 0 saturated carbocycles. The van der Waals surface area contributed by atoms with E-state index in [1.54, 1.807) is 0 Å². The van der Waals surface area contributed by atoms with E-state index in [0.29, 0.717) is 0 Å². The Morgan fingerprint density at radius 2 is 1.69 bits per heavy atom. The molecule has 0 rings (SSSR count). The summed E-state index contributed by atoms with van der Waals surface area (Å²) in [6.07, 6.45) is 5.46. The summed E-state index contributed by atoms with van der Waals surface area (Å²) < 4.78 is 0. The molecule has 0 aromatic carbocycles. The van der Waals surface area contributed by atoms with Gasteiger partial charge in [-0.05, 0) is 31.3 Å². The topological polar surface area (TPSA) is 12.0 Å². The third-order valence-electron chi connectivity index (χ3n) is 3.13. The number of unbranched alkanes of at least 4 members (excludes halogenated alkanes) is 1. The van der Waals surface area contributed by atoms with E-state index in [1.165, 1.54) is 32.2 Å². The van der Waals surface area contributed by atoms with Gasteiger partial charge in [-0.3, -0.25) is 0 Å². The minimum absolute atomic E-state index is 0.902. The Hall–Kier alpha value is -0.0400. The fourth-order valence-corrected chi connectivity index (χ4v) is 1.58. The Balaban J connectivity index is 3.21. The van der Waals surface area contributed by atoms with Crippen LogP contribution < -0.4 is 5.32 Å². The highest BCUT2D eigenvalue weighted by Crippen LogP contribution is 2.19. The summed E-state index contributed by atoms with van der Waals surface area (Å²) >= 11 is 0. The molecule has 0 spiro atoms. The molecule has 0 heterocycles. The van der Waals surface area contributed by atoms with Gasteiger partial charge in [-0.1, -0.05) is 47.0 Å². The first kappa shape index (κ1) is 13.0. The van der Waals surface area contributed by atoms with Crippen LogP contribution in [0.1, 0.15) is 53.4 Å². The zero-order chi connectivity index (χ0) is 10.1. The minimum atomic E-state index is 0.902. The second kappa shape index (κ2) is 8.55. The van der Waals surface area contributed by atoms with Gasteiger partial charge in [0.15, 0.2) is 0 Å². The number of hydrogen-bond donors (Lipinski definition) is 1. The highest BCUT2D eigenvalue weighted by atomic mass is 14.8. The van der Waals surface area contributed by atoms with Gasteiger partial charge in [-0.2, -0.15) is 0 Å². The van der Waals surface area contributed by atoms with Crippen molar-refractivity contribution in [1.29, 1.82) is 0 Å². The Morgan fingerprint density at radius 3 is 2.23 bits per heavy atom. The molecule has 1 heteroatoms. The fourth-order valence-electron chi connectivity index (χ4n) is 1.58. The average Bonchev–Trinajstić information content (AvgIpc) is 2.16. The molecule has 0 radical (unpaired) electrons. The van der Waals surface area contributed by atoms with Crippen molar-refractivity contribution in [2.24, 2.45) is 11.8 Å². The Labute approximate surface area is 84.3 Å². The van der Waals surface area contributed by atoms with E-state index in [1.807, 2.05) is 0 Å². The summed E-state index contributed by atoms with van der Waals surface area (Å²) in [6.45, 7) is 11.5. The Bertz CT molecular complexity index is 101. The van der Waals surface area contributed by atoms with Gasteiger partial charge in [0.05, 0.1) is 0 Å². The lowest BCUT2D eigenvalue weighted by molar-refractivity contribution is 0.343. The van der Waals surface area contributed by atoms with Crippen LogP contribution in [-0.2, 0) is 0 Å². The standard InChI is InChI=1S/C12H27N/c1-5-11(3)12(4)9-7-8-10-13-6-2/h11-13H,5-10H2,1-4H3/t11?,12-/m0/s1. The summed E-state index contributed by atoms with van der Waals surface area (Å²) in [4.78, 5) is 0. The van der Waals surface area contributed by atoms with Crippen LogP contribution in [0.2, 0.25) is 0 Å². The molecule has 13 heavy (non-hydrogen) atoms. The summed E-state index contributed by atoms with van der Waals surface area (Å²) in [6, 6.07) is 0. The highest BCUT2D eigenvalue weighted by molar-refractivity contribution is 4.60. The van der Waals surface area contributed by atoms with Crippen LogP contribution in [0.25, 0.3) is 0 Å². The minimum Gasteiger partial charge on any atom is -0.317 e. The van der Waals surface area contributed by atoms with Crippen LogP contribution in [-0.4, -0.2) is 13.1 Å². The second-order valence-electron chi connectivity index (χ2n) is 4.21. The Kier molecular flexibility index (Phi) is 8.53. The molecular weight excluding hydrogens is 158 g/mol. The molecule has 1 nitrogen and oxygen atoms in total. The van der Waals surface area contributed by atoms with Crippen molar-refractivity contribution in [3.63, 3.8) is 0 Å². The lowest BCUT2D eigenvalue weighted by Crippen LogP contribution is -2.14. The molecule has 1 N–H and O–H groups in total. The van der Waals surface area contributed by atoms with Crippen molar-refractivity contribution in [3.05, 3.63) is 0 Å². The van der Waals surface area contributed by atoms with Crippen molar-refractivity contribution in [2.45, 2.75) is 53.4 Å². The molecule has 0 saturated heterocycles. The number of rotatable bonds is 8. The van der Waals surface area contributed by atoms with Crippen LogP contribution in [0, 0.1) is 11.8 Å². The largest absolute Gasteiger partial charge is 0.317 e. The molecule has 0 fully saturated rings. The van der Waals surface area contributed by atoms with Gasteiger partial charge in [0.2, 0.25) is 0 Å². The number of nitrogens with one attached hydrogen (secondary N) is 1. The molecule has 0 aromatic heterocycles. The molecular formula is C12H27N. The van der Waals surface area contributed by atoms with Crippen LogP contribution in [0.15, 0.2) is 0 Å². The van der Waals surface area contributed by atoms with E-state index in [4.69, 9.17) is 0 Å². The molecule has 0 amide bonds. The van der Waals surface area contributed by atoms with Gasteiger partial charge in [-0.25, -0.2) is 0 Å². The maximum atomic E-state index is 3.37. The molecule has 80 valence electrons. The molecule has 0 aliphatic rings. The van der Waals surface area contributed by atoms with E-state index in [-0.39, 0.29) is 0 Å². The predicted octanol–water partition coefficient (Wildman–Crippen LogP) is 3.45. The predicted molar refractivity (Wildman–Crippen MR) is 61.0 cm³/mol. The van der Waals surface area contributed by atoms with E-state index < -0.39 is 0 Å². The van der Waals surface area contributed by atoms with Crippen molar-refractivity contribution in [1.82, 2.24) is 5.32 Å². The van der Waals surface area contributed by atoms with E-state index in [2.05, 4.69) is 33.0 Å². The lowest BCUT2D eigenvalue weighted by atomic mass is 9.89. The third-order valence-corrected chi connectivity index (χ3v) is 3.13. The first-order valence-corrected chi connectivity index (χ1v) is 5.93. The lowest BCUT2D eigenvalue weighted by Gasteiger charge is -2.17. The molecule has 0 aliphatic heterocycles. The zero-order valence-corrected chi connectivity index (χ0v) is 9.90. The Morgan fingerprint density at radius 1 is 1.00 bits per heavy atom. The normalized spacial score (nSPS) is 15.7. The molecule has 1 unspecified atom stereocenters. The summed E-state index contributed by atoms with van der Waals surface area (Å²) in [7, 11) is 0. The maximum absolute atomic E-state index is 3.37. The smallest absolute Gasteiger partial charge is 0.00490 e. The van der Waals surface area contributed by atoms with Crippen molar-refractivity contribution < 1.29 is 0 Å². The van der Waals surface area contributed by atoms with Crippen molar-refractivity contribution in [3.8, 4) is 0 Å². The van der Waals surface area contributed by atoms with Crippen LogP contribution in [0.4, 0.5) is 0 Å². The summed E-state index contributed by atoms with van der Waals surface area (Å²) in [5.74, 6) is 1.81. The fraction of sp³-hybridized carbons (Fsp3) is 1.00. The van der Waals surface area contributed by atoms with Gasteiger partial charge < -0.3 is 5.32 Å². The number of hydrogen-bond acceptors (Lipinski definition) is 1. The van der Waals surface area contributed by atoms with Crippen molar-refractivity contribution >= 4 is 0 Å². The van der Waals surface area contributed by atoms with Gasteiger partial charge in [0.25, 0.3) is 0 Å². The quantitative estimate of drug-likeness (QED) is 0.571. The zero-order valence-electron chi connectivity index (χ0n) is 9.90. The average molecular weight is 185 g/mol. The van der Waals surface area contributed by atoms with Crippen LogP contribution in [0.5, 0.6) is 0 Å². The third kappa shape index (κ3) is 7.06. The van der Waals surface area contributed by atoms with Gasteiger partial charge in [0, 0.05) is 0 Å². The monoisotopic (exact) mass is 185 g/mol. The molecule has 0 aromatic rings. The summed E-state index contributed by atoms with van der Waals surface area (Å²) in [5.41, 5.74) is 0. The first-order valence-electron chi connectivity index (χ1n) is 5.93. The van der Waals surface area contributed by atoms with E-state index >= 15 is 0 Å². The van der Waals surface area contributed by atoms with E-state index in [9.17, 15) is 0 Å². The first-order chi connectivity index (χ1) is 6.22.